The number of ether oxygens (including phenoxy) is 6. The zero-order chi connectivity index (χ0) is 50.1. The molecule has 17 heteroatoms. The SMILES string of the molecule is C=CC(C)(C)OCC1OC(O[C@@H]2C3=C([C@H](C)COC(C)=O)C[C@H](O)[C@]3(C)/C=C3/[C@@H](COC)CC[C@H]3[C@@H](C)[C@H]2O)C(O)C(OC(=O)CCCCc2cccc3c2CN(C2CCC(=O)NC2=O)C3=O)C1O. The number of nitrogens with zero attached hydrogens (tertiary/aromatic N) is 1. The van der Waals surface area contributed by atoms with Crippen LogP contribution in [-0.4, -0.2) is 143 Å². The quantitative estimate of drug-likeness (QED) is 0.0610. The Morgan fingerprint density at radius 2 is 1.81 bits per heavy atom. The molecule has 7 rings (SSSR count). The van der Waals surface area contributed by atoms with E-state index >= 15 is 0 Å². The smallest absolute Gasteiger partial charge is 0.306 e. The van der Waals surface area contributed by atoms with Crippen LogP contribution in [-0.2, 0) is 60.6 Å². The molecule has 5 N–H and O–H groups in total. The van der Waals surface area contributed by atoms with E-state index in [0.717, 1.165) is 35.1 Å². The van der Waals surface area contributed by atoms with Crippen molar-refractivity contribution in [1.29, 1.82) is 0 Å². The minimum atomic E-state index is -1.75. The molecule has 0 bridgehead atoms. The summed E-state index contributed by atoms with van der Waals surface area (Å²) in [6, 6.07) is 4.67. The fraction of sp³-hybridized carbons (Fsp3) is 0.673. The number of fused-ring (bicyclic) bond motifs is 3. The summed E-state index contributed by atoms with van der Waals surface area (Å²) in [5.41, 5.74) is 2.69. The van der Waals surface area contributed by atoms with E-state index in [1.54, 1.807) is 39.2 Å². The Morgan fingerprint density at radius 3 is 2.51 bits per heavy atom. The van der Waals surface area contributed by atoms with Gasteiger partial charge in [-0.15, -0.1) is 6.58 Å². The Labute approximate surface area is 404 Å². The van der Waals surface area contributed by atoms with Crippen LogP contribution in [0.5, 0.6) is 0 Å². The van der Waals surface area contributed by atoms with Gasteiger partial charge in [-0.05, 0) is 100 Å². The molecule has 1 aromatic carbocycles. The predicted octanol–water partition coefficient (Wildman–Crippen LogP) is 3.76. The number of amides is 3. The Kier molecular flexibility index (Phi) is 16.4. The first-order chi connectivity index (χ1) is 32.7. The fourth-order valence-electron chi connectivity index (χ4n) is 11.4. The van der Waals surface area contributed by atoms with E-state index in [4.69, 9.17) is 28.4 Å². The number of aliphatic hydroxyl groups is 4. The van der Waals surface area contributed by atoms with E-state index in [2.05, 4.69) is 18.0 Å². The lowest BCUT2D eigenvalue weighted by Crippen LogP contribution is -2.62. The first-order valence-electron chi connectivity index (χ1n) is 24.5. The number of carbonyl (C=O) groups excluding carboxylic acids is 5. The molecule has 3 amide bonds. The molecule has 3 heterocycles. The van der Waals surface area contributed by atoms with Crippen LogP contribution >= 0.6 is 0 Å². The van der Waals surface area contributed by atoms with Crippen LogP contribution in [0, 0.1) is 29.1 Å². The third kappa shape index (κ3) is 11.0. The molecule has 3 aliphatic heterocycles. The highest BCUT2D eigenvalue weighted by molar-refractivity contribution is 6.05. The van der Waals surface area contributed by atoms with Crippen molar-refractivity contribution in [3.8, 4) is 0 Å². The summed E-state index contributed by atoms with van der Waals surface area (Å²) in [7, 11) is 1.66. The number of aryl methyl sites for hydroxylation is 1. The van der Waals surface area contributed by atoms with Gasteiger partial charge in [0.05, 0.1) is 37.6 Å². The summed E-state index contributed by atoms with van der Waals surface area (Å²) in [4.78, 5) is 64.9. The van der Waals surface area contributed by atoms with E-state index in [9.17, 15) is 44.4 Å². The Morgan fingerprint density at radius 1 is 1.06 bits per heavy atom. The summed E-state index contributed by atoms with van der Waals surface area (Å²) in [5.74, 6) is -3.05. The van der Waals surface area contributed by atoms with Gasteiger partial charge < -0.3 is 53.7 Å². The summed E-state index contributed by atoms with van der Waals surface area (Å²) in [5, 5.41) is 50.8. The maximum absolute atomic E-state index is 13.7. The zero-order valence-electron chi connectivity index (χ0n) is 41.0. The number of benzene rings is 1. The van der Waals surface area contributed by atoms with E-state index in [1.807, 2.05) is 26.8 Å². The van der Waals surface area contributed by atoms with Crippen molar-refractivity contribution in [3.05, 3.63) is 70.3 Å². The second-order valence-electron chi connectivity index (χ2n) is 20.7. The standard InChI is InChI=1S/C52H72N2O15/c1-9-51(5,6)66-26-38-44(60)47(68-41(58)16-11-10-13-30-14-12-15-33-36(30)23-54(49(33)63)37-19-20-40(57)53-48(37)62)45(61)50(67-38)69-46-42-34(27(2)24-65-29(4)55)21-39(56)52(42,7)22-35-31(25-64-8)17-18-32(35)28(3)43(46)59/h9,12,14-15,22,27-28,31-32,37-39,43-47,50,56,59-61H,1,10-11,13,16-21,23-26H2,2-8H3,(H,53,57,62)/b35-22-/t27-,28-,31-,32+,37?,38?,39+,43-,44?,45?,46-,47?,50?,52+/m1/s1. The van der Waals surface area contributed by atoms with Crippen LogP contribution in [0.2, 0.25) is 0 Å². The van der Waals surface area contributed by atoms with Gasteiger partial charge in [-0.2, -0.15) is 0 Å². The molecule has 0 aromatic heterocycles. The lowest BCUT2D eigenvalue weighted by Gasteiger charge is -2.47. The number of esters is 2. The normalized spacial score (nSPS) is 34.7. The molecule has 3 aliphatic carbocycles. The fourth-order valence-corrected chi connectivity index (χ4v) is 11.4. The number of imide groups is 1. The highest BCUT2D eigenvalue weighted by Gasteiger charge is 2.56. The van der Waals surface area contributed by atoms with Crippen LogP contribution < -0.4 is 5.32 Å². The maximum atomic E-state index is 13.7. The Balaban J connectivity index is 1.11. The van der Waals surface area contributed by atoms with Gasteiger partial charge in [0, 0.05) is 56.2 Å². The van der Waals surface area contributed by atoms with Crippen LogP contribution in [0.25, 0.3) is 0 Å². The maximum Gasteiger partial charge on any atom is 0.306 e. The van der Waals surface area contributed by atoms with Gasteiger partial charge >= 0.3 is 11.9 Å². The molecule has 69 heavy (non-hydrogen) atoms. The number of rotatable bonds is 18. The van der Waals surface area contributed by atoms with Gasteiger partial charge in [-0.1, -0.05) is 49.3 Å². The number of hydrogen-bond donors (Lipinski definition) is 5. The second-order valence-corrected chi connectivity index (χ2v) is 20.7. The largest absolute Gasteiger partial charge is 0.465 e. The minimum absolute atomic E-state index is 0.0164. The third-order valence-corrected chi connectivity index (χ3v) is 15.5. The van der Waals surface area contributed by atoms with Crippen molar-refractivity contribution in [2.24, 2.45) is 29.1 Å². The lowest BCUT2D eigenvalue weighted by atomic mass is 9.68. The number of piperidine rings is 1. The number of methoxy groups -OCH3 is 1. The minimum Gasteiger partial charge on any atom is -0.465 e. The van der Waals surface area contributed by atoms with Crippen molar-refractivity contribution >= 4 is 29.7 Å². The summed E-state index contributed by atoms with van der Waals surface area (Å²) in [6.07, 6.45) is -3.72. The van der Waals surface area contributed by atoms with Crippen molar-refractivity contribution in [2.75, 3.05) is 26.9 Å². The molecule has 380 valence electrons. The number of carbonyl (C=O) groups is 5. The first kappa shape index (κ1) is 52.5. The third-order valence-electron chi connectivity index (χ3n) is 15.5. The number of aliphatic hydroxyl groups excluding tert-OH is 4. The lowest BCUT2D eigenvalue weighted by molar-refractivity contribution is -0.320. The van der Waals surface area contributed by atoms with Crippen LogP contribution in [0.3, 0.4) is 0 Å². The molecule has 1 saturated carbocycles. The molecular formula is C52H72N2O15. The average molecular weight is 965 g/mol. The highest BCUT2D eigenvalue weighted by atomic mass is 16.7. The number of unbranched alkanes of at least 4 members (excludes halogenated alkanes) is 1. The molecule has 14 atom stereocenters. The zero-order valence-corrected chi connectivity index (χ0v) is 41.0. The second kappa shape index (κ2) is 21.6. The van der Waals surface area contributed by atoms with Crippen LogP contribution in [0.4, 0.5) is 0 Å². The monoisotopic (exact) mass is 964 g/mol. The molecular weight excluding hydrogens is 893 g/mol. The molecule has 0 spiro atoms. The van der Waals surface area contributed by atoms with E-state index in [-0.39, 0.29) is 75.0 Å². The summed E-state index contributed by atoms with van der Waals surface area (Å²) in [6.45, 7) is 15.0. The molecule has 0 radical (unpaired) electrons. The highest BCUT2D eigenvalue weighted by Crippen LogP contribution is 2.56. The van der Waals surface area contributed by atoms with Crippen LogP contribution in [0.15, 0.2) is 53.6 Å². The predicted molar refractivity (Wildman–Crippen MR) is 249 cm³/mol. The molecule has 3 fully saturated rings. The topological polar surface area (TPSA) is 237 Å². The van der Waals surface area contributed by atoms with Crippen molar-refractivity contribution in [1.82, 2.24) is 10.2 Å². The Bertz CT molecular complexity index is 2190. The summed E-state index contributed by atoms with van der Waals surface area (Å²) >= 11 is 0. The average Bonchev–Trinajstić information content (AvgIpc) is 3.94. The van der Waals surface area contributed by atoms with Crippen LogP contribution in [0.1, 0.15) is 114 Å². The van der Waals surface area contributed by atoms with Gasteiger partial charge in [0.2, 0.25) is 11.8 Å². The molecule has 17 nitrogen and oxygen atoms in total. The molecule has 2 saturated heterocycles. The Hall–Kier alpha value is -4.33. The molecule has 6 unspecified atom stereocenters. The molecule has 1 aromatic rings. The van der Waals surface area contributed by atoms with Gasteiger partial charge in [-0.25, -0.2) is 0 Å². The first-order valence-corrected chi connectivity index (χ1v) is 24.5. The van der Waals surface area contributed by atoms with Gasteiger partial charge in [-0.3, -0.25) is 29.3 Å². The van der Waals surface area contributed by atoms with E-state index in [1.165, 1.54) is 11.8 Å². The van der Waals surface area contributed by atoms with Gasteiger partial charge in [0.15, 0.2) is 12.4 Å². The van der Waals surface area contributed by atoms with Crippen molar-refractivity contribution in [3.63, 3.8) is 0 Å². The van der Waals surface area contributed by atoms with Crippen molar-refractivity contribution in [2.45, 2.75) is 167 Å². The van der Waals surface area contributed by atoms with E-state index < -0.39 is 89.8 Å². The van der Waals surface area contributed by atoms with Gasteiger partial charge in [0.25, 0.3) is 5.91 Å². The molecule has 6 aliphatic rings. The number of nitrogens with one attached hydrogen (secondary N) is 1. The van der Waals surface area contributed by atoms with E-state index in [0.29, 0.717) is 37.0 Å². The van der Waals surface area contributed by atoms with Gasteiger partial charge in [0.1, 0.15) is 30.5 Å². The number of hydrogen-bond acceptors (Lipinski definition) is 15. The van der Waals surface area contributed by atoms with Crippen molar-refractivity contribution < 1.29 is 72.8 Å². The summed E-state index contributed by atoms with van der Waals surface area (Å²) < 4.78 is 36.2.